The minimum Gasteiger partial charge on any atom is -0.493 e. The molecule has 6 nitrogen and oxygen atoms in total. The van der Waals surface area contributed by atoms with E-state index in [9.17, 15) is 4.79 Å². The molecule has 0 spiro atoms. The fourth-order valence-electron chi connectivity index (χ4n) is 3.40. The highest BCUT2D eigenvalue weighted by Gasteiger charge is 2.27. The van der Waals surface area contributed by atoms with E-state index in [1.54, 1.807) is 21.3 Å². The first-order chi connectivity index (χ1) is 11.6. The van der Waals surface area contributed by atoms with Crippen LogP contribution in [0.15, 0.2) is 12.1 Å². The maximum atomic E-state index is 12.3. The molecule has 0 heterocycles. The van der Waals surface area contributed by atoms with Gasteiger partial charge in [0.15, 0.2) is 11.5 Å². The number of carbonyl (C=O) groups is 1. The van der Waals surface area contributed by atoms with Gasteiger partial charge in [-0.05, 0) is 43.4 Å². The Labute approximate surface area is 143 Å². The number of hydrogen-bond acceptors (Lipinski definition) is 5. The van der Waals surface area contributed by atoms with E-state index in [2.05, 4.69) is 5.32 Å². The third-order valence-corrected chi connectivity index (χ3v) is 4.72. The molecule has 0 bridgehead atoms. The molecule has 1 aromatic carbocycles. The number of carbonyl (C=O) groups excluding carboxylic acids is 1. The van der Waals surface area contributed by atoms with E-state index in [-0.39, 0.29) is 11.9 Å². The summed E-state index contributed by atoms with van der Waals surface area (Å²) in [6, 6.07) is 3.96. The van der Waals surface area contributed by atoms with Gasteiger partial charge < -0.3 is 25.3 Å². The van der Waals surface area contributed by atoms with Gasteiger partial charge in [-0.25, -0.2) is 0 Å². The third kappa shape index (κ3) is 4.12. The van der Waals surface area contributed by atoms with Crippen LogP contribution >= 0.6 is 0 Å². The topological polar surface area (TPSA) is 82.8 Å². The highest BCUT2D eigenvalue weighted by Crippen LogP contribution is 2.40. The molecule has 0 saturated heterocycles. The number of rotatable bonds is 8. The molecule has 1 saturated carbocycles. The summed E-state index contributed by atoms with van der Waals surface area (Å²) in [5.41, 5.74) is 6.69. The monoisotopic (exact) mass is 336 g/mol. The summed E-state index contributed by atoms with van der Waals surface area (Å²) in [7, 11) is 4.75. The van der Waals surface area contributed by atoms with Crippen LogP contribution in [0.25, 0.3) is 0 Å². The smallest absolute Gasteiger partial charge is 0.220 e. The highest BCUT2D eigenvalue weighted by molar-refractivity contribution is 5.76. The first-order valence-corrected chi connectivity index (χ1v) is 8.41. The molecule has 1 aromatic rings. The van der Waals surface area contributed by atoms with Crippen molar-refractivity contribution in [2.75, 3.05) is 27.9 Å². The molecule has 0 radical (unpaired) electrons. The van der Waals surface area contributed by atoms with Crippen molar-refractivity contribution in [1.29, 1.82) is 0 Å². The Morgan fingerprint density at radius 1 is 1.17 bits per heavy atom. The summed E-state index contributed by atoms with van der Waals surface area (Å²) in [6.07, 6.45) is 4.24. The fourth-order valence-corrected chi connectivity index (χ4v) is 3.40. The predicted octanol–water partition coefficient (Wildman–Crippen LogP) is 1.89. The van der Waals surface area contributed by atoms with Crippen LogP contribution in [0.3, 0.4) is 0 Å². The van der Waals surface area contributed by atoms with E-state index in [1.807, 2.05) is 12.1 Å². The summed E-state index contributed by atoms with van der Waals surface area (Å²) in [4.78, 5) is 12.3. The number of hydrogen-bond donors (Lipinski definition) is 2. The highest BCUT2D eigenvalue weighted by atomic mass is 16.5. The second-order valence-electron chi connectivity index (χ2n) is 6.09. The lowest BCUT2D eigenvalue weighted by Crippen LogP contribution is -2.39. The molecule has 2 atom stereocenters. The molecular weight excluding hydrogens is 308 g/mol. The summed E-state index contributed by atoms with van der Waals surface area (Å²) >= 11 is 0. The van der Waals surface area contributed by atoms with Crippen molar-refractivity contribution in [2.45, 2.75) is 38.1 Å². The summed E-state index contributed by atoms with van der Waals surface area (Å²) < 4.78 is 16.1. The summed E-state index contributed by atoms with van der Waals surface area (Å²) in [6.45, 7) is 0.633. The lowest BCUT2D eigenvalue weighted by molar-refractivity contribution is -0.122. The lowest BCUT2D eigenvalue weighted by atomic mass is 10.0. The molecule has 0 aromatic heterocycles. The van der Waals surface area contributed by atoms with Crippen LogP contribution in [0.4, 0.5) is 0 Å². The number of nitrogens with one attached hydrogen (secondary N) is 1. The zero-order valence-electron chi connectivity index (χ0n) is 14.8. The van der Waals surface area contributed by atoms with Crippen molar-refractivity contribution >= 4 is 5.91 Å². The van der Waals surface area contributed by atoms with E-state index in [0.29, 0.717) is 42.6 Å². The Morgan fingerprint density at radius 2 is 1.92 bits per heavy atom. The minimum absolute atomic E-state index is 0.0530. The number of amides is 1. The zero-order valence-corrected chi connectivity index (χ0v) is 14.8. The molecule has 1 amide bonds. The van der Waals surface area contributed by atoms with Crippen molar-refractivity contribution in [3.05, 3.63) is 17.7 Å². The van der Waals surface area contributed by atoms with Crippen LogP contribution in [0.5, 0.6) is 17.2 Å². The van der Waals surface area contributed by atoms with Crippen LogP contribution in [-0.2, 0) is 11.2 Å². The van der Waals surface area contributed by atoms with Gasteiger partial charge in [0.25, 0.3) is 0 Å². The van der Waals surface area contributed by atoms with E-state index >= 15 is 0 Å². The maximum absolute atomic E-state index is 12.3. The average molecular weight is 336 g/mol. The number of methoxy groups -OCH3 is 3. The quantitative estimate of drug-likeness (QED) is 0.757. The van der Waals surface area contributed by atoms with Crippen molar-refractivity contribution < 1.29 is 19.0 Å². The van der Waals surface area contributed by atoms with E-state index in [0.717, 1.165) is 24.8 Å². The molecule has 24 heavy (non-hydrogen) atoms. The SMILES string of the molecule is COc1ccc(CCC(=O)NC2CCCC2CN)c(OC)c1OC. The van der Waals surface area contributed by atoms with E-state index in [1.165, 1.54) is 0 Å². The Balaban J connectivity index is 1.99. The standard InChI is InChI=1S/C18H28N2O4/c1-22-15-9-7-12(17(23-2)18(15)24-3)8-10-16(21)20-14-6-4-5-13(14)11-19/h7,9,13-14H,4-6,8,10-11,19H2,1-3H3,(H,20,21). The Morgan fingerprint density at radius 3 is 2.54 bits per heavy atom. The van der Waals surface area contributed by atoms with Crippen LogP contribution in [0.2, 0.25) is 0 Å². The second kappa shape index (κ2) is 8.78. The molecular formula is C18H28N2O4. The predicted molar refractivity (Wildman–Crippen MR) is 92.7 cm³/mol. The van der Waals surface area contributed by atoms with Gasteiger partial charge >= 0.3 is 0 Å². The Kier molecular flexibility index (Phi) is 6.73. The fraction of sp³-hybridized carbons (Fsp3) is 0.611. The van der Waals surface area contributed by atoms with Crippen molar-refractivity contribution in [1.82, 2.24) is 5.32 Å². The normalized spacial score (nSPS) is 19.8. The number of aryl methyl sites for hydroxylation is 1. The zero-order chi connectivity index (χ0) is 17.5. The van der Waals surface area contributed by atoms with Crippen LogP contribution in [0, 0.1) is 5.92 Å². The van der Waals surface area contributed by atoms with E-state index < -0.39 is 0 Å². The molecule has 1 aliphatic carbocycles. The molecule has 2 rings (SSSR count). The van der Waals surface area contributed by atoms with Crippen LogP contribution in [0.1, 0.15) is 31.2 Å². The molecule has 1 fully saturated rings. The lowest BCUT2D eigenvalue weighted by Gasteiger charge is -2.20. The number of benzene rings is 1. The summed E-state index contributed by atoms with van der Waals surface area (Å²) in [5.74, 6) is 2.24. The largest absolute Gasteiger partial charge is 0.493 e. The van der Waals surface area contributed by atoms with Gasteiger partial charge in [-0.1, -0.05) is 12.5 Å². The second-order valence-corrected chi connectivity index (χ2v) is 6.09. The average Bonchev–Trinajstić information content (AvgIpc) is 3.05. The molecule has 6 heteroatoms. The van der Waals surface area contributed by atoms with Crippen LogP contribution < -0.4 is 25.3 Å². The Bertz CT molecular complexity index is 562. The molecule has 0 aliphatic heterocycles. The number of nitrogens with two attached hydrogens (primary N) is 1. The van der Waals surface area contributed by atoms with E-state index in [4.69, 9.17) is 19.9 Å². The first kappa shape index (κ1) is 18.4. The van der Waals surface area contributed by atoms with Gasteiger partial charge in [0.1, 0.15) is 0 Å². The summed E-state index contributed by atoms with van der Waals surface area (Å²) in [5, 5.41) is 3.12. The minimum atomic E-state index is 0.0530. The third-order valence-electron chi connectivity index (χ3n) is 4.72. The van der Waals surface area contributed by atoms with Crippen molar-refractivity contribution in [3.63, 3.8) is 0 Å². The van der Waals surface area contributed by atoms with Gasteiger partial charge in [0, 0.05) is 12.5 Å². The molecule has 134 valence electrons. The molecule has 2 unspecified atom stereocenters. The van der Waals surface area contributed by atoms with Gasteiger partial charge in [-0.3, -0.25) is 4.79 Å². The van der Waals surface area contributed by atoms with Gasteiger partial charge in [0.05, 0.1) is 21.3 Å². The van der Waals surface area contributed by atoms with Crippen LogP contribution in [-0.4, -0.2) is 39.8 Å². The number of ether oxygens (including phenoxy) is 3. The van der Waals surface area contributed by atoms with Crippen molar-refractivity contribution in [3.8, 4) is 17.2 Å². The first-order valence-electron chi connectivity index (χ1n) is 8.41. The van der Waals surface area contributed by atoms with Crippen molar-refractivity contribution in [2.24, 2.45) is 11.7 Å². The van der Waals surface area contributed by atoms with Gasteiger partial charge in [-0.15, -0.1) is 0 Å². The van der Waals surface area contributed by atoms with Gasteiger partial charge in [0.2, 0.25) is 11.7 Å². The van der Waals surface area contributed by atoms with Gasteiger partial charge in [-0.2, -0.15) is 0 Å². The molecule has 1 aliphatic rings. The Hall–Kier alpha value is -1.95. The maximum Gasteiger partial charge on any atom is 0.220 e. The molecule has 3 N–H and O–H groups in total.